The van der Waals surface area contributed by atoms with Crippen LogP contribution >= 0.6 is 11.3 Å². The fraction of sp³-hybridized carbons (Fsp3) is 0.150. The zero-order valence-corrected chi connectivity index (χ0v) is 14.2. The summed E-state index contributed by atoms with van der Waals surface area (Å²) in [7, 11) is 0. The molecule has 2 aliphatic rings. The van der Waals surface area contributed by atoms with Gasteiger partial charge < -0.3 is 4.98 Å². The summed E-state index contributed by atoms with van der Waals surface area (Å²) in [5.41, 5.74) is 8.39. The van der Waals surface area contributed by atoms with Gasteiger partial charge in [-0.3, -0.25) is 4.99 Å². The summed E-state index contributed by atoms with van der Waals surface area (Å²) in [6.45, 7) is 2.20. The molecule has 3 heterocycles. The molecule has 0 fully saturated rings. The molecule has 1 unspecified atom stereocenters. The summed E-state index contributed by atoms with van der Waals surface area (Å²) in [4.78, 5) is 12.7. The summed E-state index contributed by atoms with van der Waals surface area (Å²) in [6, 6.07) is 0. The van der Waals surface area contributed by atoms with Crippen molar-refractivity contribution in [3.63, 3.8) is 0 Å². The van der Waals surface area contributed by atoms with Gasteiger partial charge in [-0.15, -0.1) is 17.1 Å². The molecule has 0 radical (unpaired) electrons. The van der Waals surface area contributed by atoms with E-state index in [1.807, 2.05) is 36.7 Å². The Morgan fingerprint density at radius 2 is 2.29 bits per heavy atom. The van der Waals surface area contributed by atoms with Crippen LogP contribution in [0.15, 0.2) is 52.7 Å². The lowest BCUT2D eigenvalue weighted by Gasteiger charge is -2.06. The third-order valence-electron chi connectivity index (χ3n) is 4.02. The highest BCUT2D eigenvalue weighted by Crippen LogP contribution is 2.32. The predicted octanol–water partition coefficient (Wildman–Crippen LogP) is 5.34. The number of nitrogens with zero attached hydrogens (tertiary/aromatic N) is 2. The maximum Gasteiger partial charge on any atom is 0.142 e. The number of nitrogens with one attached hydrogen (secondary N) is 1. The first-order chi connectivity index (χ1) is 11.8. The molecule has 24 heavy (non-hydrogen) atoms. The Balaban J connectivity index is 1.72. The van der Waals surface area contributed by atoms with E-state index in [2.05, 4.69) is 46.2 Å². The molecule has 0 aromatic carbocycles. The minimum absolute atomic E-state index is 0.462. The minimum Gasteiger partial charge on any atom is -0.360 e. The average molecular weight is 331 g/mol. The van der Waals surface area contributed by atoms with E-state index in [1.54, 1.807) is 11.3 Å². The van der Waals surface area contributed by atoms with Gasteiger partial charge in [-0.2, -0.15) is 0 Å². The lowest BCUT2D eigenvalue weighted by atomic mass is 10.1. The van der Waals surface area contributed by atoms with Gasteiger partial charge in [0.05, 0.1) is 17.1 Å². The second kappa shape index (κ2) is 6.44. The molecule has 2 aromatic rings. The van der Waals surface area contributed by atoms with Gasteiger partial charge in [0, 0.05) is 35.0 Å². The first kappa shape index (κ1) is 14.9. The highest BCUT2D eigenvalue weighted by Gasteiger charge is 2.15. The van der Waals surface area contributed by atoms with Gasteiger partial charge >= 0.3 is 0 Å². The van der Waals surface area contributed by atoms with Crippen LogP contribution in [0, 0.1) is 5.92 Å². The van der Waals surface area contributed by atoms with Gasteiger partial charge in [-0.05, 0) is 24.5 Å². The van der Waals surface area contributed by atoms with Crippen LogP contribution in [0.4, 0.5) is 0 Å². The molecule has 1 N–H and O–H groups in total. The van der Waals surface area contributed by atoms with Crippen molar-refractivity contribution >= 4 is 35.4 Å². The molecule has 3 nitrogen and oxygen atoms in total. The molecule has 0 saturated carbocycles. The number of hydrogen-bond acceptors (Lipinski definition) is 3. The van der Waals surface area contributed by atoms with Crippen LogP contribution in [-0.4, -0.2) is 16.2 Å². The Kier molecular flexibility index (Phi) is 3.99. The quantitative estimate of drug-likeness (QED) is 0.741. The normalized spacial score (nSPS) is 23.7. The summed E-state index contributed by atoms with van der Waals surface area (Å²) in [5, 5.41) is 3.06. The topological polar surface area (TPSA) is 41.0 Å². The van der Waals surface area contributed by atoms with E-state index in [0.717, 1.165) is 39.6 Å². The van der Waals surface area contributed by atoms with Crippen molar-refractivity contribution in [3.05, 3.63) is 64.0 Å². The van der Waals surface area contributed by atoms with Crippen molar-refractivity contribution in [2.24, 2.45) is 10.9 Å². The van der Waals surface area contributed by atoms with E-state index in [4.69, 9.17) is 4.98 Å². The number of H-pyrrole nitrogens is 1. The molecule has 0 saturated heterocycles. The molecule has 118 valence electrons. The molecule has 1 aliphatic heterocycles. The van der Waals surface area contributed by atoms with Crippen LogP contribution in [0.1, 0.15) is 29.6 Å². The number of hydrogen-bond donors (Lipinski definition) is 1. The summed E-state index contributed by atoms with van der Waals surface area (Å²) < 4.78 is 0. The van der Waals surface area contributed by atoms with E-state index in [-0.39, 0.29) is 0 Å². The molecule has 4 heteroatoms. The smallest absolute Gasteiger partial charge is 0.142 e. The highest BCUT2D eigenvalue weighted by atomic mass is 32.1. The third kappa shape index (κ3) is 2.90. The Morgan fingerprint density at radius 1 is 1.33 bits per heavy atom. The Hall–Kier alpha value is -2.68. The van der Waals surface area contributed by atoms with Crippen molar-refractivity contribution in [2.75, 3.05) is 0 Å². The minimum atomic E-state index is 0.462. The van der Waals surface area contributed by atoms with Crippen LogP contribution in [0.2, 0.25) is 0 Å². The maximum absolute atomic E-state index is 4.84. The first-order valence-electron chi connectivity index (χ1n) is 7.99. The van der Waals surface area contributed by atoms with Crippen molar-refractivity contribution < 1.29 is 0 Å². The van der Waals surface area contributed by atoms with Crippen molar-refractivity contribution in [3.8, 4) is 11.3 Å². The zero-order chi connectivity index (χ0) is 16.4. The number of aliphatic imine (C=N–C) groups is 1. The van der Waals surface area contributed by atoms with E-state index in [0.29, 0.717) is 5.92 Å². The molecule has 1 atom stereocenters. The largest absolute Gasteiger partial charge is 0.360 e. The summed E-state index contributed by atoms with van der Waals surface area (Å²) in [6.07, 6.45) is 19.2. The van der Waals surface area contributed by atoms with E-state index in [1.165, 1.54) is 0 Å². The van der Waals surface area contributed by atoms with Crippen LogP contribution in [0.3, 0.4) is 0 Å². The maximum atomic E-state index is 4.84. The van der Waals surface area contributed by atoms with Crippen molar-refractivity contribution in [2.45, 2.75) is 13.3 Å². The second-order valence-corrected chi connectivity index (χ2v) is 6.73. The van der Waals surface area contributed by atoms with Crippen LogP contribution in [0.25, 0.3) is 29.1 Å². The summed E-state index contributed by atoms with van der Waals surface area (Å²) in [5.74, 6) is 0.462. The average Bonchev–Trinajstić information content (AvgIpc) is 3.12. The molecular formula is C20H17N3S. The molecule has 1 aliphatic carbocycles. The van der Waals surface area contributed by atoms with E-state index >= 15 is 0 Å². The van der Waals surface area contributed by atoms with Gasteiger partial charge in [0.1, 0.15) is 5.01 Å². The number of aromatic amines is 1. The van der Waals surface area contributed by atoms with E-state index in [9.17, 15) is 0 Å². The number of fused-ring (bicyclic) bond motifs is 1. The van der Waals surface area contributed by atoms with Gasteiger partial charge in [0.2, 0.25) is 0 Å². The van der Waals surface area contributed by atoms with Gasteiger partial charge in [-0.1, -0.05) is 31.2 Å². The Labute approximate surface area is 145 Å². The number of allylic oxidation sites excluding steroid dienone is 5. The monoisotopic (exact) mass is 331 g/mol. The molecular weight excluding hydrogens is 314 g/mol. The fourth-order valence-electron chi connectivity index (χ4n) is 2.79. The van der Waals surface area contributed by atoms with Gasteiger partial charge in [0.25, 0.3) is 0 Å². The molecule has 2 aromatic heterocycles. The standard InChI is InChI=1S/C20H17N3S/c1-14-7-5-6-10-21-18(11-14)20-23-19(13-24-20)16-12-22-17-9-4-2-3-8-15(16)17/h2-3,5-6,8-14,22H,7H2,1H3/b6-5+,18-11-,21-10+. The number of thiazole rings is 1. The Bertz CT molecular complexity index is 943. The summed E-state index contributed by atoms with van der Waals surface area (Å²) >= 11 is 1.64. The number of rotatable bonds is 2. The van der Waals surface area contributed by atoms with Crippen LogP contribution in [-0.2, 0) is 0 Å². The SMILES string of the molecule is CC1\C=C(c2nc(-c3c[nH]c4c3C=CC=C=C4)cs2)/N=C/C=C/C1. The lowest BCUT2D eigenvalue weighted by molar-refractivity contribution is 0.744. The second-order valence-electron chi connectivity index (χ2n) is 5.88. The third-order valence-corrected chi connectivity index (χ3v) is 4.89. The first-order valence-corrected chi connectivity index (χ1v) is 8.87. The molecule has 0 amide bonds. The molecule has 0 spiro atoms. The van der Waals surface area contributed by atoms with Crippen LogP contribution in [0.5, 0.6) is 0 Å². The lowest BCUT2D eigenvalue weighted by Crippen LogP contribution is -1.93. The van der Waals surface area contributed by atoms with E-state index < -0.39 is 0 Å². The van der Waals surface area contributed by atoms with Crippen molar-refractivity contribution in [1.82, 2.24) is 9.97 Å². The highest BCUT2D eigenvalue weighted by molar-refractivity contribution is 7.11. The van der Waals surface area contributed by atoms with Crippen molar-refractivity contribution in [1.29, 1.82) is 0 Å². The predicted molar refractivity (Wildman–Crippen MR) is 103 cm³/mol. The van der Waals surface area contributed by atoms with Gasteiger partial charge in [0.15, 0.2) is 0 Å². The zero-order valence-electron chi connectivity index (χ0n) is 13.4. The van der Waals surface area contributed by atoms with Gasteiger partial charge in [-0.25, -0.2) is 4.98 Å². The van der Waals surface area contributed by atoms with Crippen LogP contribution < -0.4 is 0 Å². The molecule has 0 bridgehead atoms. The number of aromatic nitrogens is 2. The molecule has 4 rings (SSSR count). The fourth-order valence-corrected chi connectivity index (χ4v) is 3.59. The Morgan fingerprint density at radius 3 is 3.25 bits per heavy atom.